The monoisotopic (exact) mass is 1170 g/mol. The maximum Gasteiger partial charge on any atom is 0.407 e. The van der Waals surface area contributed by atoms with Crippen molar-refractivity contribution in [2.24, 2.45) is 27.5 Å². The van der Waals surface area contributed by atoms with E-state index >= 15 is 8.78 Å². The zero-order chi connectivity index (χ0) is 60.5. The molecular weight excluding hydrogens is 1100 g/mol. The summed E-state index contributed by atoms with van der Waals surface area (Å²) >= 11 is 0. The van der Waals surface area contributed by atoms with E-state index in [1.807, 2.05) is 17.4 Å². The van der Waals surface area contributed by atoms with Crippen LogP contribution in [0.5, 0.6) is 0 Å². The summed E-state index contributed by atoms with van der Waals surface area (Å²) < 4.78 is 159. The lowest BCUT2D eigenvalue weighted by Gasteiger charge is -2.44. The van der Waals surface area contributed by atoms with E-state index in [0.717, 1.165) is 71.7 Å². The van der Waals surface area contributed by atoms with Crippen molar-refractivity contribution in [3.63, 3.8) is 0 Å². The molecule has 4 heterocycles. The first-order valence-electron chi connectivity index (χ1n) is 25.9. The van der Waals surface area contributed by atoms with Crippen LogP contribution < -0.4 is 26.7 Å². The number of anilines is 1. The average Bonchev–Trinajstić information content (AvgIpc) is 4.06. The maximum atomic E-state index is 16.0. The normalized spacial score (nSPS) is 19.6. The van der Waals surface area contributed by atoms with Crippen molar-refractivity contribution in [1.82, 2.24) is 31.0 Å². The number of aromatic nitrogens is 1. The Morgan fingerprint density at radius 3 is 2.01 bits per heavy atom. The maximum absolute atomic E-state index is 16.0. The molecule has 1 aromatic heterocycles. The number of aliphatic hydroxyl groups is 1. The van der Waals surface area contributed by atoms with Gasteiger partial charge in [-0.15, -0.1) is 0 Å². The topological polar surface area (TPSA) is 213 Å². The minimum atomic E-state index is -5.17. The molecular formula is C55H65F10N9O8. The summed E-state index contributed by atoms with van der Waals surface area (Å²) in [7, 11) is 1.66. The fourth-order valence-corrected chi connectivity index (χ4v) is 9.96. The van der Waals surface area contributed by atoms with Gasteiger partial charge in [-0.1, -0.05) is 37.8 Å². The van der Waals surface area contributed by atoms with E-state index in [1.165, 1.54) is 12.1 Å². The number of ether oxygens (including phenoxy) is 3. The van der Waals surface area contributed by atoms with Crippen molar-refractivity contribution < 1.29 is 82.4 Å². The highest BCUT2D eigenvalue weighted by atomic mass is 19.4. The van der Waals surface area contributed by atoms with Crippen molar-refractivity contribution in [2.75, 3.05) is 52.0 Å². The molecule has 6 N–H and O–H groups in total. The molecule has 3 saturated heterocycles. The lowest BCUT2D eigenvalue weighted by Crippen LogP contribution is -2.62. The number of hydrazine groups is 1. The van der Waals surface area contributed by atoms with Crippen LogP contribution in [0.25, 0.3) is 5.70 Å². The molecule has 0 radical (unpaired) electrons. The van der Waals surface area contributed by atoms with E-state index in [2.05, 4.69) is 51.8 Å². The number of piperazine rings is 1. The fraction of sp³-hybridized carbons (Fsp3) is 0.527. The van der Waals surface area contributed by atoms with Gasteiger partial charge in [0, 0.05) is 91.3 Å². The quantitative estimate of drug-likeness (QED) is 0.0186. The highest BCUT2D eigenvalue weighted by Gasteiger charge is 2.57. The Hall–Kier alpha value is -7.02. The number of hydrogen-bond donors (Lipinski definition) is 5. The number of fused-ring (bicyclic) bond motifs is 2. The molecule has 3 fully saturated rings. The van der Waals surface area contributed by atoms with E-state index in [1.54, 1.807) is 18.3 Å². The lowest BCUT2D eigenvalue weighted by atomic mass is 9.75. The third-order valence-electron chi connectivity index (χ3n) is 15.1. The molecule has 6 rings (SSSR count). The third kappa shape index (κ3) is 15.9. The van der Waals surface area contributed by atoms with Crippen LogP contribution in [0.1, 0.15) is 81.2 Å². The second kappa shape index (κ2) is 26.9. The highest BCUT2D eigenvalue weighted by Crippen LogP contribution is 2.46. The Bertz CT molecular complexity index is 2820. The molecule has 0 saturated carbocycles. The second-order valence-electron chi connectivity index (χ2n) is 21.3. The number of pyridine rings is 1. The Kier molecular flexibility index (Phi) is 21.1. The second-order valence-corrected chi connectivity index (χ2v) is 21.3. The van der Waals surface area contributed by atoms with Crippen molar-refractivity contribution >= 4 is 41.6 Å². The number of aliphatic hydroxyl groups excluding tert-OH is 1. The van der Waals surface area contributed by atoms with E-state index in [0.29, 0.717) is 80.3 Å². The minimum absolute atomic E-state index is 0.278. The summed E-state index contributed by atoms with van der Waals surface area (Å²) in [5.74, 6) is -2.68. The summed E-state index contributed by atoms with van der Waals surface area (Å²) in [6.07, 6.45) is -9.34. The van der Waals surface area contributed by atoms with Gasteiger partial charge in [0.1, 0.15) is 23.5 Å². The van der Waals surface area contributed by atoms with Crippen LogP contribution in [0.4, 0.5) is 54.5 Å². The number of nitrogens with one attached hydrogen (secondary N) is 3. The van der Waals surface area contributed by atoms with Crippen molar-refractivity contribution in [1.29, 1.82) is 0 Å². The van der Waals surface area contributed by atoms with Crippen LogP contribution in [0.15, 0.2) is 65.8 Å². The van der Waals surface area contributed by atoms with Gasteiger partial charge in [-0.2, -0.15) is 35.1 Å². The fourth-order valence-electron chi connectivity index (χ4n) is 9.96. The van der Waals surface area contributed by atoms with Gasteiger partial charge in [-0.05, 0) is 87.6 Å². The lowest BCUT2D eigenvalue weighted by molar-refractivity contribution is -0.231. The molecule has 7 atom stereocenters. The van der Waals surface area contributed by atoms with Gasteiger partial charge in [-0.25, -0.2) is 28.6 Å². The molecule has 2 bridgehead atoms. The number of nitrogens with zero attached hydrogens (tertiary/aromatic N) is 5. The number of alkyl halides is 8. The molecule has 2 aromatic carbocycles. The van der Waals surface area contributed by atoms with Gasteiger partial charge < -0.3 is 40.6 Å². The smallest absolute Gasteiger partial charge is 0.407 e. The number of aliphatic imine (C=N–C) groups is 1. The Morgan fingerprint density at radius 1 is 0.866 bits per heavy atom. The average molecular weight is 1170 g/mol. The van der Waals surface area contributed by atoms with Crippen molar-refractivity contribution in [3.05, 3.63) is 100 Å². The Labute approximate surface area is 466 Å². The molecule has 3 aliphatic heterocycles. The molecule has 3 aromatic rings. The number of carbonyl (C=O) groups is 4. The first kappa shape index (κ1) is 64.2. The van der Waals surface area contributed by atoms with Crippen LogP contribution in [-0.2, 0) is 41.6 Å². The first-order valence-corrected chi connectivity index (χ1v) is 25.9. The number of methoxy groups -OCH3 is 2. The number of hydrogen-bond acceptors (Lipinski definition) is 14. The summed E-state index contributed by atoms with van der Waals surface area (Å²) in [6, 6.07) is 8.14. The van der Waals surface area contributed by atoms with Crippen LogP contribution in [0.2, 0.25) is 0 Å². The van der Waals surface area contributed by atoms with Gasteiger partial charge in [-0.3, -0.25) is 24.7 Å². The third-order valence-corrected chi connectivity index (χ3v) is 15.1. The van der Waals surface area contributed by atoms with Crippen LogP contribution in [0, 0.1) is 40.2 Å². The van der Waals surface area contributed by atoms with E-state index < -0.39 is 132 Å². The molecule has 17 nitrogen and oxygen atoms in total. The summed E-state index contributed by atoms with van der Waals surface area (Å²) in [4.78, 5) is 65.4. The first-order chi connectivity index (χ1) is 38.4. The summed E-state index contributed by atoms with van der Waals surface area (Å²) in [5, 5.41) is 16.8. The predicted octanol–water partition coefficient (Wildman–Crippen LogP) is 6.80. The number of benzene rings is 2. The zero-order valence-electron chi connectivity index (χ0n) is 45.6. The highest BCUT2D eigenvalue weighted by molar-refractivity contribution is 5.87. The van der Waals surface area contributed by atoms with Crippen LogP contribution >= 0.6 is 0 Å². The number of halogens is 10. The predicted molar refractivity (Wildman–Crippen MR) is 279 cm³/mol. The van der Waals surface area contributed by atoms with Gasteiger partial charge in [0.2, 0.25) is 11.8 Å². The van der Waals surface area contributed by atoms with Crippen molar-refractivity contribution in [3.8, 4) is 11.8 Å². The van der Waals surface area contributed by atoms with E-state index in [9.17, 15) is 59.4 Å². The minimum Gasteiger partial charge on any atom is -0.469 e. The largest absolute Gasteiger partial charge is 0.469 e. The zero-order valence-corrected chi connectivity index (χ0v) is 45.6. The molecule has 27 heteroatoms. The van der Waals surface area contributed by atoms with Gasteiger partial charge >= 0.3 is 31.0 Å². The number of amides is 3. The summed E-state index contributed by atoms with van der Waals surface area (Å²) in [6.45, 7) is 0.203. The molecule has 0 spiro atoms. The standard InChI is InChI=1S/C55H65F10N9O8/c1-52(2,54(60,61)62)39(24-46(76)80-5)48(77)71-73(28-38-40(56)22-34(23-41(38)57)42(66)17-19-67-50(58)59)29-44(75)43(69-49(78)47(70-51(79)81-6)53(3,4)55(63,64)65)21-32-10-7-31(8-11-32)9-12-33-13-16-45(68-25-33)72-26-35-14-15-36(27-72)74(35)37-18-20-82-30-37/h7-8,10-11,13,16-17,19,22-23,25,35-37,39,43-44,47,50,75H,14-15,18,20-21,24,26-30,66H2,1-6H3,(H,69,78)(H,70,79)(H,71,77)/t35?,36?,37-,39-,43+,44+,47-/m1/s1. The Balaban J connectivity index is 1.31. The number of alkyl carbamates (subject to hydrolysis) is 1. The van der Waals surface area contributed by atoms with Gasteiger partial charge in [0.15, 0.2) is 0 Å². The molecule has 2 unspecified atom stereocenters. The van der Waals surface area contributed by atoms with Crippen molar-refractivity contribution in [2.45, 2.75) is 122 Å². The van der Waals surface area contributed by atoms with Crippen LogP contribution in [-0.4, -0.2) is 152 Å². The number of allylic oxidation sites excluding steroid dienone is 1. The number of nitrogens with two attached hydrogens (primary N) is 1. The molecule has 3 amide bonds. The number of carbonyl (C=O) groups excluding carboxylic acids is 4. The molecule has 0 aliphatic carbocycles. The van der Waals surface area contributed by atoms with E-state index in [-0.39, 0.29) is 5.56 Å². The van der Waals surface area contributed by atoms with E-state index in [4.69, 9.17) is 10.5 Å². The molecule has 82 heavy (non-hydrogen) atoms. The van der Waals surface area contributed by atoms with Gasteiger partial charge in [0.25, 0.3) is 0 Å². The Morgan fingerprint density at radius 2 is 1.48 bits per heavy atom. The number of rotatable bonds is 21. The number of esters is 1. The van der Waals surface area contributed by atoms with Crippen LogP contribution in [0.3, 0.4) is 0 Å². The SMILES string of the molecule is COC(=O)C[C@H](C(=O)NN(Cc1c(F)cc(C(N)=CC=NC(F)F)cc1F)C[C@H](O)[C@H](Cc1ccc(C#Cc2ccc(N3CC4CCC(C3)N4[C@@H]3CCOC3)nc2)cc1)NC(=O)[C@@H](NC(=O)OC)C(C)(C)C(F)(F)F)C(C)(C)C(F)(F)F. The summed E-state index contributed by atoms with van der Waals surface area (Å²) in [5.41, 5.74) is 1.41. The van der Waals surface area contributed by atoms with Gasteiger partial charge in [0.05, 0.1) is 56.1 Å². The molecule has 448 valence electrons. The molecule has 3 aliphatic rings.